The van der Waals surface area contributed by atoms with E-state index in [0.29, 0.717) is 18.0 Å². The molecule has 0 aliphatic rings. The maximum atomic E-state index is 9.60. The molecule has 0 aromatic rings. The first-order valence-corrected chi connectivity index (χ1v) is 5.23. The first kappa shape index (κ1) is 12.9. The van der Waals surface area contributed by atoms with Gasteiger partial charge in [0.05, 0.1) is 6.10 Å². The zero-order valence-corrected chi connectivity index (χ0v) is 9.72. The molecule has 0 aliphatic carbocycles. The minimum absolute atomic E-state index is 0.193. The minimum Gasteiger partial charge on any atom is -0.392 e. The van der Waals surface area contributed by atoms with E-state index in [4.69, 9.17) is 0 Å². The molecule has 0 heterocycles. The van der Waals surface area contributed by atoms with Gasteiger partial charge in [0.15, 0.2) is 0 Å². The molecular formula is C11H25NO. The number of aliphatic hydroxyl groups excluding tert-OH is 1. The van der Waals surface area contributed by atoms with Crippen LogP contribution >= 0.6 is 0 Å². The van der Waals surface area contributed by atoms with Crippen molar-refractivity contribution >= 4 is 0 Å². The van der Waals surface area contributed by atoms with Gasteiger partial charge in [-0.15, -0.1) is 0 Å². The van der Waals surface area contributed by atoms with Crippen molar-refractivity contribution in [2.75, 3.05) is 6.54 Å². The third-order valence-electron chi connectivity index (χ3n) is 1.99. The van der Waals surface area contributed by atoms with E-state index in [1.165, 1.54) is 0 Å². The molecule has 2 heteroatoms. The fourth-order valence-corrected chi connectivity index (χ4v) is 1.07. The van der Waals surface area contributed by atoms with Crippen molar-refractivity contribution in [1.29, 1.82) is 0 Å². The Hall–Kier alpha value is -0.0800. The fourth-order valence-electron chi connectivity index (χ4n) is 1.07. The summed E-state index contributed by atoms with van der Waals surface area (Å²) in [5, 5.41) is 12.8. The van der Waals surface area contributed by atoms with Crippen molar-refractivity contribution in [2.45, 2.75) is 59.6 Å². The summed E-state index contributed by atoms with van der Waals surface area (Å²) < 4.78 is 0. The van der Waals surface area contributed by atoms with Gasteiger partial charge in [0.1, 0.15) is 0 Å². The zero-order valence-electron chi connectivity index (χ0n) is 9.72. The van der Waals surface area contributed by atoms with Crippen LogP contribution in [-0.4, -0.2) is 23.8 Å². The van der Waals surface area contributed by atoms with Gasteiger partial charge in [0, 0.05) is 12.6 Å². The van der Waals surface area contributed by atoms with Crippen LogP contribution < -0.4 is 5.32 Å². The molecule has 0 aromatic carbocycles. The highest BCUT2D eigenvalue weighted by molar-refractivity contribution is 4.67. The lowest BCUT2D eigenvalue weighted by molar-refractivity contribution is 0.141. The Bertz CT molecular complexity index is 127. The van der Waals surface area contributed by atoms with Crippen molar-refractivity contribution in [3.05, 3.63) is 0 Å². The summed E-state index contributed by atoms with van der Waals surface area (Å²) in [6, 6.07) is 0.462. The highest BCUT2D eigenvalue weighted by atomic mass is 16.3. The van der Waals surface area contributed by atoms with Gasteiger partial charge >= 0.3 is 0 Å². The van der Waals surface area contributed by atoms with Crippen molar-refractivity contribution in [3.8, 4) is 0 Å². The second-order valence-electron chi connectivity index (χ2n) is 5.32. The highest BCUT2D eigenvalue weighted by Gasteiger charge is 2.13. The number of hydrogen-bond acceptors (Lipinski definition) is 2. The SMILES string of the molecule is CC(C)NCC(O)CCC(C)(C)C. The predicted molar refractivity (Wildman–Crippen MR) is 57.8 cm³/mol. The predicted octanol–water partition coefficient (Wildman–Crippen LogP) is 2.17. The molecule has 0 fully saturated rings. The number of rotatable bonds is 5. The van der Waals surface area contributed by atoms with Gasteiger partial charge in [-0.2, -0.15) is 0 Å². The van der Waals surface area contributed by atoms with Gasteiger partial charge in [0.25, 0.3) is 0 Å². The van der Waals surface area contributed by atoms with Crippen LogP contribution in [0.5, 0.6) is 0 Å². The Morgan fingerprint density at radius 1 is 1.23 bits per heavy atom. The second-order valence-corrected chi connectivity index (χ2v) is 5.32. The maximum Gasteiger partial charge on any atom is 0.0664 e. The topological polar surface area (TPSA) is 32.3 Å². The van der Waals surface area contributed by atoms with Crippen molar-refractivity contribution in [2.24, 2.45) is 5.41 Å². The van der Waals surface area contributed by atoms with Gasteiger partial charge in [-0.25, -0.2) is 0 Å². The molecule has 13 heavy (non-hydrogen) atoms. The molecule has 0 rings (SSSR count). The first-order chi connectivity index (χ1) is 5.81. The molecule has 80 valence electrons. The lowest BCUT2D eigenvalue weighted by atomic mass is 9.89. The van der Waals surface area contributed by atoms with Gasteiger partial charge in [-0.3, -0.25) is 0 Å². The first-order valence-electron chi connectivity index (χ1n) is 5.23. The molecule has 0 saturated carbocycles. The van der Waals surface area contributed by atoms with Gasteiger partial charge in [-0.1, -0.05) is 34.6 Å². The van der Waals surface area contributed by atoms with Crippen LogP contribution in [0.4, 0.5) is 0 Å². The number of nitrogens with one attached hydrogen (secondary N) is 1. The average Bonchev–Trinajstić information content (AvgIpc) is 1.95. The zero-order chi connectivity index (χ0) is 10.5. The Balaban J connectivity index is 3.46. The van der Waals surface area contributed by atoms with E-state index in [1.807, 2.05) is 0 Å². The van der Waals surface area contributed by atoms with Gasteiger partial charge < -0.3 is 10.4 Å². The van der Waals surface area contributed by atoms with E-state index in [2.05, 4.69) is 39.9 Å². The molecule has 0 spiro atoms. The highest BCUT2D eigenvalue weighted by Crippen LogP contribution is 2.21. The smallest absolute Gasteiger partial charge is 0.0664 e. The summed E-state index contributed by atoms with van der Waals surface area (Å²) in [5.74, 6) is 0. The summed E-state index contributed by atoms with van der Waals surface area (Å²) in [6.07, 6.45) is 1.78. The van der Waals surface area contributed by atoms with Crippen molar-refractivity contribution in [3.63, 3.8) is 0 Å². The van der Waals surface area contributed by atoms with E-state index in [-0.39, 0.29) is 6.10 Å². The number of hydrogen-bond donors (Lipinski definition) is 2. The van der Waals surface area contributed by atoms with Gasteiger partial charge in [-0.05, 0) is 18.3 Å². The van der Waals surface area contributed by atoms with Crippen LogP contribution in [0.3, 0.4) is 0 Å². The van der Waals surface area contributed by atoms with Crippen LogP contribution in [0.2, 0.25) is 0 Å². The summed E-state index contributed by atoms with van der Waals surface area (Å²) in [7, 11) is 0. The van der Waals surface area contributed by atoms with Crippen molar-refractivity contribution < 1.29 is 5.11 Å². The molecule has 0 aromatic heterocycles. The molecule has 0 aliphatic heterocycles. The molecule has 0 amide bonds. The summed E-state index contributed by atoms with van der Waals surface area (Å²) in [6.45, 7) is 11.5. The molecule has 0 radical (unpaired) electrons. The Labute approximate surface area is 82.7 Å². The van der Waals surface area contributed by atoms with Crippen LogP contribution in [0.15, 0.2) is 0 Å². The molecule has 1 unspecified atom stereocenters. The molecule has 0 bridgehead atoms. The Morgan fingerprint density at radius 3 is 2.15 bits per heavy atom. The van der Waals surface area contributed by atoms with E-state index in [0.717, 1.165) is 12.8 Å². The lowest BCUT2D eigenvalue weighted by Gasteiger charge is -2.21. The van der Waals surface area contributed by atoms with Crippen LogP contribution in [0.1, 0.15) is 47.5 Å². The Kier molecular flexibility index (Phi) is 5.57. The standard InChI is InChI=1S/C11H25NO/c1-9(2)12-8-10(13)6-7-11(3,4)5/h9-10,12-13H,6-8H2,1-5H3. The Morgan fingerprint density at radius 2 is 1.77 bits per heavy atom. The molecule has 0 saturated heterocycles. The third-order valence-corrected chi connectivity index (χ3v) is 1.99. The van der Waals surface area contributed by atoms with E-state index >= 15 is 0 Å². The quantitative estimate of drug-likeness (QED) is 0.691. The van der Waals surface area contributed by atoms with Gasteiger partial charge in [0.2, 0.25) is 0 Å². The van der Waals surface area contributed by atoms with Crippen LogP contribution in [0.25, 0.3) is 0 Å². The summed E-state index contributed by atoms with van der Waals surface area (Å²) in [4.78, 5) is 0. The maximum absolute atomic E-state index is 9.60. The van der Waals surface area contributed by atoms with Crippen LogP contribution in [-0.2, 0) is 0 Å². The summed E-state index contributed by atoms with van der Waals surface area (Å²) >= 11 is 0. The van der Waals surface area contributed by atoms with Crippen molar-refractivity contribution in [1.82, 2.24) is 5.32 Å². The van der Waals surface area contributed by atoms with E-state index < -0.39 is 0 Å². The average molecular weight is 187 g/mol. The second kappa shape index (κ2) is 5.61. The molecule has 1 atom stereocenters. The number of aliphatic hydroxyl groups is 1. The normalized spacial score (nSPS) is 15.0. The summed E-state index contributed by atoms with van der Waals surface area (Å²) in [5.41, 5.74) is 0.332. The molecule has 2 N–H and O–H groups in total. The third kappa shape index (κ3) is 9.84. The van der Waals surface area contributed by atoms with Crippen LogP contribution in [0, 0.1) is 5.41 Å². The molecular weight excluding hydrogens is 162 g/mol. The molecule has 2 nitrogen and oxygen atoms in total. The lowest BCUT2D eigenvalue weighted by Crippen LogP contribution is -2.32. The fraction of sp³-hybridized carbons (Fsp3) is 1.00. The van der Waals surface area contributed by atoms with E-state index in [9.17, 15) is 5.11 Å². The monoisotopic (exact) mass is 187 g/mol. The van der Waals surface area contributed by atoms with E-state index in [1.54, 1.807) is 0 Å². The largest absolute Gasteiger partial charge is 0.392 e. The minimum atomic E-state index is -0.193.